The Labute approximate surface area is 74.3 Å². The van der Waals surface area contributed by atoms with E-state index < -0.39 is 5.97 Å². The van der Waals surface area contributed by atoms with E-state index in [0.717, 1.165) is 12.8 Å². The van der Waals surface area contributed by atoms with Gasteiger partial charge in [-0.3, -0.25) is 4.79 Å². The van der Waals surface area contributed by atoms with Gasteiger partial charge < -0.3 is 5.11 Å². The van der Waals surface area contributed by atoms with Crippen molar-refractivity contribution in [1.82, 2.24) is 0 Å². The minimum atomic E-state index is -0.709. The molecule has 0 aromatic rings. The van der Waals surface area contributed by atoms with Crippen molar-refractivity contribution < 1.29 is 9.90 Å². The first kappa shape index (κ1) is 11.2. The van der Waals surface area contributed by atoms with Gasteiger partial charge in [-0.15, -0.1) is 0 Å². The molecule has 0 fully saturated rings. The second kappa shape index (κ2) is 4.96. The molecule has 12 heavy (non-hydrogen) atoms. The first-order chi connectivity index (χ1) is 5.42. The molecule has 0 aliphatic rings. The first-order valence-electron chi connectivity index (χ1n) is 4.31. The average molecular weight is 170 g/mol. The molecule has 0 aliphatic heterocycles. The van der Waals surface area contributed by atoms with Crippen molar-refractivity contribution in [2.75, 3.05) is 0 Å². The van der Waals surface area contributed by atoms with Crippen LogP contribution in [0.3, 0.4) is 0 Å². The van der Waals surface area contributed by atoms with Gasteiger partial charge in [-0.2, -0.15) is 0 Å². The van der Waals surface area contributed by atoms with E-state index in [1.807, 2.05) is 0 Å². The number of aliphatic carboxylic acids is 1. The Morgan fingerprint density at radius 1 is 1.42 bits per heavy atom. The Kier molecular flexibility index (Phi) is 4.64. The number of carbonyl (C=O) groups is 1. The molecule has 0 radical (unpaired) electrons. The van der Waals surface area contributed by atoms with Gasteiger partial charge in [0, 0.05) is 6.42 Å². The van der Waals surface area contributed by atoms with Gasteiger partial charge in [0.2, 0.25) is 0 Å². The number of hydrogen-bond donors (Lipinski definition) is 1. The maximum Gasteiger partial charge on any atom is 0.303 e. The highest BCUT2D eigenvalue weighted by atomic mass is 16.4. The zero-order chi connectivity index (χ0) is 9.61. The fourth-order valence-electron chi connectivity index (χ4n) is 0.808. The van der Waals surface area contributed by atoms with Crippen LogP contribution in [0, 0.1) is 5.41 Å². The Bertz CT molecular complexity index is 163. The lowest BCUT2D eigenvalue weighted by Crippen LogP contribution is -1.98. The number of carboxylic acid groups (broad SMARTS) is 1. The highest BCUT2D eigenvalue weighted by Crippen LogP contribution is 2.15. The van der Waals surface area contributed by atoms with Crippen molar-refractivity contribution in [3.8, 4) is 0 Å². The van der Waals surface area contributed by atoms with Crippen molar-refractivity contribution in [3.63, 3.8) is 0 Å². The lowest BCUT2D eigenvalue weighted by molar-refractivity contribution is -0.137. The van der Waals surface area contributed by atoms with E-state index in [1.54, 1.807) is 0 Å². The molecule has 0 unspecified atom stereocenters. The summed E-state index contributed by atoms with van der Waals surface area (Å²) in [4.78, 5) is 10.1. The maximum absolute atomic E-state index is 10.1. The highest BCUT2D eigenvalue weighted by molar-refractivity contribution is 5.66. The van der Waals surface area contributed by atoms with Gasteiger partial charge in [-0.25, -0.2) is 0 Å². The van der Waals surface area contributed by atoms with Gasteiger partial charge in [0.1, 0.15) is 0 Å². The molecular weight excluding hydrogens is 152 g/mol. The van der Waals surface area contributed by atoms with Gasteiger partial charge in [0.15, 0.2) is 0 Å². The summed E-state index contributed by atoms with van der Waals surface area (Å²) < 4.78 is 0. The Balaban J connectivity index is 3.43. The molecule has 0 saturated carbocycles. The van der Waals surface area contributed by atoms with Gasteiger partial charge in [-0.05, 0) is 18.3 Å². The van der Waals surface area contributed by atoms with Crippen LogP contribution in [0.1, 0.15) is 40.0 Å². The molecule has 0 spiro atoms. The summed E-state index contributed by atoms with van der Waals surface area (Å²) in [6.45, 7) is 6.38. The lowest BCUT2D eigenvalue weighted by atomic mass is 9.96. The summed E-state index contributed by atoms with van der Waals surface area (Å²) in [5, 5.41) is 8.35. The fraction of sp³-hybridized carbons (Fsp3) is 0.700. The van der Waals surface area contributed by atoms with E-state index in [4.69, 9.17) is 5.11 Å². The van der Waals surface area contributed by atoms with Crippen molar-refractivity contribution in [2.24, 2.45) is 5.41 Å². The topological polar surface area (TPSA) is 37.3 Å². The highest BCUT2D eigenvalue weighted by Gasteiger charge is 2.02. The van der Waals surface area contributed by atoms with Gasteiger partial charge in [0.05, 0.1) is 0 Å². The molecule has 2 nitrogen and oxygen atoms in total. The summed E-state index contributed by atoms with van der Waals surface area (Å²) in [6, 6.07) is 0. The molecule has 0 aromatic carbocycles. The van der Waals surface area contributed by atoms with Crippen molar-refractivity contribution in [3.05, 3.63) is 12.2 Å². The van der Waals surface area contributed by atoms with E-state index in [9.17, 15) is 4.79 Å². The van der Waals surface area contributed by atoms with Crippen LogP contribution in [-0.4, -0.2) is 11.1 Å². The third-order valence-corrected chi connectivity index (χ3v) is 1.38. The molecule has 70 valence electrons. The van der Waals surface area contributed by atoms with Crippen molar-refractivity contribution >= 4 is 5.97 Å². The van der Waals surface area contributed by atoms with Gasteiger partial charge in [0.25, 0.3) is 0 Å². The Hall–Kier alpha value is -0.790. The molecule has 0 bridgehead atoms. The molecule has 0 amide bonds. The minimum absolute atomic E-state index is 0.212. The molecule has 0 rings (SSSR count). The number of unbranched alkanes of at least 4 members (excludes halogenated alkanes) is 1. The Morgan fingerprint density at radius 2 is 2.00 bits per heavy atom. The Morgan fingerprint density at radius 3 is 2.42 bits per heavy atom. The molecular formula is C10H18O2. The van der Waals surface area contributed by atoms with E-state index in [-0.39, 0.29) is 11.8 Å². The average Bonchev–Trinajstić information content (AvgIpc) is 1.83. The van der Waals surface area contributed by atoms with Crippen LogP contribution < -0.4 is 0 Å². The summed E-state index contributed by atoms with van der Waals surface area (Å²) >= 11 is 0. The van der Waals surface area contributed by atoms with Crippen LogP contribution in [-0.2, 0) is 4.79 Å². The standard InChI is InChI=1S/C10H18O2/c1-10(2,3)8-6-4-5-7-9(11)12/h6,8H,4-5,7H2,1-3H3,(H,11,12). The molecule has 2 heteroatoms. The van der Waals surface area contributed by atoms with Crippen LogP contribution in [0.15, 0.2) is 12.2 Å². The summed E-state index contributed by atoms with van der Waals surface area (Å²) in [5.74, 6) is -0.709. The predicted octanol–water partition coefficient (Wildman–Crippen LogP) is 2.84. The molecule has 0 aliphatic carbocycles. The van der Waals surface area contributed by atoms with Crippen molar-refractivity contribution in [2.45, 2.75) is 40.0 Å². The van der Waals surface area contributed by atoms with E-state index in [2.05, 4.69) is 32.9 Å². The first-order valence-corrected chi connectivity index (χ1v) is 4.31. The largest absolute Gasteiger partial charge is 0.481 e. The molecule has 0 saturated heterocycles. The van der Waals surface area contributed by atoms with E-state index in [1.165, 1.54) is 0 Å². The van der Waals surface area contributed by atoms with Crippen molar-refractivity contribution in [1.29, 1.82) is 0 Å². The van der Waals surface area contributed by atoms with E-state index >= 15 is 0 Å². The zero-order valence-electron chi connectivity index (χ0n) is 8.13. The monoisotopic (exact) mass is 170 g/mol. The number of hydrogen-bond acceptors (Lipinski definition) is 1. The molecule has 0 heterocycles. The van der Waals surface area contributed by atoms with E-state index in [0.29, 0.717) is 0 Å². The van der Waals surface area contributed by atoms with Crippen LogP contribution in [0.25, 0.3) is 0 Å². The van der Waals surface area contributed by atoms with Crippen LogP contribution in [0.2, 0.25) is 0 Å². The van der Waals surface area contributed by atoms with Gasteiger partial charge in [-0.1, -0.05) is 32.9 Å². The summed E-state index contributed by atoms with van der Waals surface area (Å²) in [7, 11) is 0. The molecule has 0 aromatic heterocycles. The second-order valence-corrected chi connectivity index (χ2v) is 4.05. The lowest BCUT2D eigenvalue weighted by Gasteiger charge is -2.10. The summed E-state index contributed by atoms with van der Waals surface area (Å²) in [6.07, 6.45) is 6.05. The number of carboxylic acids is 1. The van der Waals surface area contributed by atoms with Crippen LogP contribution in [0.4, 0.5) is 0 Å². The smallest absolute Gasteiger partial charge is 0.303 e. The molecule has 0 atom stereocenters. The SMILES string of the molecule is CC(C)(C)C=CCCCC(=O)O. The number of rotatable bonds is 4. The van der Waals surface area contributed by atoms with Gasteiger partial charge >= 0.3 is 5.97 Å². The maximum atomic E-state index is 10.1. The quantitative estimate of drug-likeness (QED) is 0.520. The number of allylic oxidation sites excluding steroid dienone is 2. The van der Waals surface area contributed by atoms with Crippen LogP contribution in [0.5, 0.6) is 0 Å². The predicted molar refractivity (Wildman–Crippen MR) is 50.1 cm³/mol. The third-order valence-electron chi connectivity index (χ3n) is 1.38. The minimum Gasteiger partial charge on any atom is -0.481 e. The molecule has 1 N–H and O–H groups in total. The second-order valence-electron chi connectivity index (χ2n) is 4.05. The normalized spacial score (nSPS) is 12.2. The summed E-state index contributed by atoms with van der Waals surface area (Å²) in [5.41, 5.74) is 0.212. The fourth-order valence-corrected chi connectivity index (χ4v) is 0.808. The van der Waals surface area contributed by atoms with Crippen LogP contribution >= 0.6 is 0 Å². The zero-order valence-corrected chi connectivity index (χ0v) is 8.13. The third kappa shape index (κ3) is 9.21.